The topological polar surface area (TPSA) is 86.8 Å². The predicted molar refractivity (Wildman–Crippen MR) is 164 cm³/mol. The molecule has 218 valence electrons. The zero-order chi connectivity index (χ0) is 29.6. The maximum atomic E-state index is 14.1. The summed E-state index contributed by atoms with van der Waals surface area (Å²) in [5.74, 6) is -0.833. The van der Waals surface area contributed by atoms with Crippen LogP contribution in [0.1, 0.15) is 44.6 Å². The molecule has 4 rings (SSSR count). The third-order valence-electron chi connectivity index (χ3n) is 7.17. The summed E-state index contributed by atoms with van der Waals surface area (Å²) in [6.07, 6.45) is 4.18. The zero-order valence-corrected chi connectivity index (χ0v) is 25.7. The molecule has 0 saturated heterocycles. The van der Waals surface area contributed by atoms with E-state index in [1.165, 1.54) is 17.0 Å². The number of sulfonamides is 1. The number of amides is 2. The molecule has 1 unspecified atom stereocenters. The summed E-state index contributed by atoms with van der Waals surface area (Å²) < 4.78 is 28.7. The van der Waals surface area contributed by atoms with Gasteiger partial charge in [0.1, 0.15) is 12.6 Å². The molecule has 1 aliphatic carbocycles. The van der Waals surface area contributed by atoms with Crippen LogP contribution in [0.5, 0.6) is 0 Å². The van der Waals surface area contributed by atoms with Gasteiger partial charge in [-0.05, 0) is 73.4 Å². The summed E-state index contributed by atoms with van der Waals surface area (Å²) in [5, 5.41) is 4.29. The van der Waals surface area contributed by atoms with Crippen molar-refractivity contribution in [3.8, 4) is 0 Å². The predicted octanol–water partition coefficient (Wildman–Crippen LogP) is 6.71. The fraction of sp³-hybridized carbons (Fsp3) is 0.333. The van der Waals surface area contributed by atoms with Crippen molar-refractivity contribution in [2.24, 2.45) is 0 Å². The number of carbonyl (C=O) groups is 2. The first-order valence-corrected chi connectivity index (χ1v) is 16.0. The fourth-order valence-electron chi connectivity index (χ4n) is 4.98. The number of nitrogens with one attached hydrogen (secondary N) is 1. The van der Waals surface area contributed by atoms with Crippen LogP contribution in [0.4, 0.5) is 5.69 Å². The van der Waals surface area contributed by atoms with Gasteiger partial charge >= 0.3 is 0 Å². The standard InChI is InChI=1S/C30H32Cl3N3O4S/c1-2-28(30(38)34-24-8-6-7-9-24)35(19-21-12-13-23(32)18-27(21)33)29(37)20-36(25-16-14-22(31)15-17-25)41(39,40)26-10-4-3-5-11-26/h3-5,10-18,24,28H,2,6-9,19-20H2,1H3,(H,34,38). The molecule has 2 amide bonds. The van der Waals surface area contributed by atoms with Gasteiger partial charge in [0.2, 0.25) is 11.8 Å². The van der Waals surface area contributed by atoms with Crippen molar-refractivity contribution in [1.82, 2.24) is 10.2 Å². The smallest absolute Gasteiger partial charge is 0.264 e. The van der Waals surface area contributed by atoms with E-state index in [1.807, 2.05) is 6.92 Å². The first kappa shape index (κ1) is 31.2. The maximum Gasteiger partial charge on any atom is 0.264 e. The second-order valence-electron chi connectivity index (χ2n) is 9.97. The normalized spacial score (nSPS) is 14.4. The Morgan fingerprint density at radius 2 is 1.56 bits per heavy atom. The Kier molecular flexibility index (Phi) is 10.6. The summed E-state index contributed by atoms with van der Waals surface area (Å²) >= 11 is 18.6. The van der Waals surface area contributed by atoms with Crippen molar-refractivity contribution in [3.63, 3.8) is 0 Å². The average molecular weight is 637 g/mol. The molecule has 7 nitrogen and oxygen atoms in total. The third kappa shape index (κ3) is 7.74. The van der Waals surface area contributed by atoms with Gasteiger partial charge in [0, 0.05) is 27.7 Å². The van der Waals surface area contributed by atoms with Gasteiger partial charge in [-0.15, -0.1) is 0 Å². The average Bonchev–Trinajstić information content (AvgIpc) is 3.46. The second-order valence-corrected chi connectivity index (χ2v) is 13.1. The van der Waals surface area contributed by atoms with Crippen LogP contribution in [-0.4, -0.2) is 43.8 Å². The van der Waals surface area contributed by atoms with Crippen LogP contribution >= 0.6 is 34.8 Å². The minimum Gasteiger partial charge on any atom is -0.352 e. The van der Waals surface area contributed by atoms with Gasteiger partial charge in [-0.1, -0.05) is 78.8 Å². The lowest BCUT2D eigenvalue weighted by Crippen LogP contribution is -2.53. The molecule has 3 aromatic rings. The minimum atomic E-state index is -4.15. The summed E-state index contributed by atoms with van der Waals surface area (Å²) in [7, 11) is -4.15. The number of halogens is 3. The summed E-state index contributed by atoms with van der Waals surface area (Å²) in [5.41, 5.74) is 0.847. The highest BCUT2D eigenvalue weighted by atomic mass is 35.5. The first-order valence-electron chi connectivity index (χ1n) is 13.5. The van der Waals surface area contributed by atoms with Crippen LogP contribution in [0.15, 0.2) is 77.7 Å². The number of benzene rings is 3. The lowest BCUT2D eigenvalue weighted by Gasteiger charge is -2.34. The Labute approximate surface area is 256 Å². The van der Waals surface area contributed by atoms with E-state index in [9.17, 15) is 18.0 Å². The molecule has 0 spiro atoms. The van der Waals surface area contributed by atoms with Crippen molar-refractivity contribution < 1.29 is 18.0 Å². The van der Waals surface area contributed by atoms with E-state index in [1.54, 1.807) is 60.7 Å². The highest BCUT2D eigenvalue weighted by Gasteiger charge is 2.34. The van der Waals surface area contributed by atoms with E-state index >= 15 is 0 Å². The van der Waals surface area contributed by atoms with E-state index in [-0.39, 0.29) is 29.1 Å². The van der Waals surface area contributed by atoms with Crippen molar-refractivity contribution in [3.05, 3.63) is 93.4 Å². The van der Waals surface area contributed by atoms with Crippen molar-refractivity contribution in [1.29, 1.82) is 0 Å². The Morgan fingerprint density at radius 1 is 0.927 bits per heavy atom. The number of hydrogen-bond donors (Lipinski definition) is 1. The van der Waals surface area contributed by atoms with E-state index in [2.05, 4.69) is 5.32 Å². The molecule has 0 aliphatic heterocycles. The Hall–Kier alpha value is -2.78. The molecule has 0 bridgehead atoms. The van der Waals surface area contributed by atoms with Gasteiger partial charge in [0.25, 0.3) is 10.0 Å². The molecule has 1 N–H and O–H groups in total. The monoisotopic (exact) mass is 635 g/mol. The van der Waals surface area contributed by atoms with Gasteiger partial charge in [0.15, 0.2) is 0 Å². The largest absolute Gasteiger partial charge is 0.352 e. The molecule has 1 fully saturated rings. The van der Waals surface area contributed by atoms with Crippen molar-refractivity contribution in [2.45, 2.75) is 62.6 Å². The fourth-order valence-corrected chi connectivity index (χ4v) is 7.01. The molecule has 0 heterocycles. The van der Waals surface area contributed by atoms with Gasteiger partial charge in [-0.3, -0.25) is 13.9 Å². The molecule has 3 aromatic carbocycles. The lowest BCUT2D eigenvalue weighted by atomic mass is 10.1. The highest BCUT2D eigenvalue weighted by Crippen LogP contribution is 2.28. The van der Waals surface area contributed by atoms with Crippen molar-refractivity contribution >= 4 is 62.3 Å². The quantitative estimate of drug-likeness (QED) is 0.254. The number of nitrogens with zero attached hydrogens (tertiary/aromatic N) is 2. The molecular formula is C30H32Cl3N3O4S. The van der Waals surface area contributed by atoms with E-state index in [0.29, 0.717) is 27.1 Å². The van der Waals surface area contributed by atoms with Gasteiger partial charge in [-0.2, -0.15) is 0 Å². The Balaban J connectivity index is 1.72. The molecule has 11 heteroatoms. The van der Waals surface area contributed by atoms with Crippen LogP contribution in [0, 0.1) is 0 Å². The van der Waals surface area contributed by atoms with Crippen LogP contribution in [0.2, 0.25) is 15.1 Å². The summed E-state index contributed by atoms with van der Waals surface area (Å²) in [6.45, 7) is 1.27. The third-order valence-corrected chi connectivity index (χ3v) is 9.79. The molecular weight excluding hydrogens is 605 g/mol. The van der Waals surface area contributed by atoms with Crippen LogP contribution < -0.4 is 9.62 Å². The Morgan fingerprint density at radius 3 is 2.17 bits per heavy atom. The Bertz CT molecular complexity index is 1460. The maximum absolute atomic E-state index is 14.1. The minimum absolute atomic E-state index is 0.00866. The van der Waals surface area contributed by atoms with Gasteiger partial charge in [-0.25, -0.2) is 8.42 Å². The number of anilines is 1. The molecule has 1 saturated carbocycles. The van der Waals surface area contributed by atoms with Gasteiger partial charge < -0.3 is 10.2 Å². The van der Waals surface area contributed by atoms with E-state index in [4.69, 9.17) is 34.8 Å². The molecule has 41 heavy (non-hydrogen) atoms. The second kappa shape index (κ2) is 13.9. The molecule has 1 aliphatic rings. The summed E-state index contributed by atoms with van der Waals surface area (Å²) in [4.78, 5) is 29.1. The lowest BCUT2D eigenvalue weighted by molar-refractivity contribution is -0.140. The van der Waals surface area contributed by atoms with E-state index in [0.717, 1.165) is 30.0 Å². The highest BCUT2D eigenvalue weighted by molar-refractivity contribution is 7.92. The number of rotatable bonds is 11. The van der Waals surface area contributed by atoms with Crippen LogP contribution in [-0.2, 0) is 26.2 Å². The molecule has 1 atom stereocenters. The zero-order valence-electron chi connectivity index (χ0n) is 22.6. The molecule has 0 radical (unpaired) electrons. The molecule has 0 aromatic heterocycles. The SMILES string of the molecule is CCC(C(=O)NC1CCCC1)N(Cc1ccc(Cl)cc1Cl)C(=O)CN(c1ccc(Cl)cc1)S(=O)(=O)c1ccccc1. The number of hydrogen-bond acceptors (Lipinski definition) is 4. The summed E-state index contributed by atoms with van der Waals surface area (Å²) in [6, 6.07) is 18.2. The van der Waals surface area contributed by atoms with E-state index < -0.39 is 28.5 Å². The first-order chi connectivity index (χ1) is 19.6. The van der Waals surface area contributed by atoms with Crippen LogP contribution in [0.25, 0.3) is 0 Å². The van der Waals surface area contributed by atoms with Gasteiger partial charge in [0.05, 0.1) is 10.6 Å². The van der Waals surface area contributed by atoms with Crippen molar-refractivity contribution in [2.75, 3.05) is 10.8 Å². The van der Waals surface area contributed by atoms with Crippen LogP contribution in [0.3, 0.4) is 0 Å². The number of carbonyl (C=O) groups excluding carboxylic acids is 2.